The number of hydrogen-bond acceptors (Lipinski definition) is 3. The Morgan fingerprint density at radius 3 is 2.18 bits per heavy atom. The lowest BCUT2D eigenvalue weighted by molar-refractivity contribution is -0.146. The monoisotopic (exact) mass is 272 g/mol. The van der Waals surface area contributed by atoms with Crippen LogP contribution in [0.15, 0.2) is 12.2 Å². The zero-order chi connectivity index (χ0) is 13.3. The first-order valence-corrected chi connectivity index (χ1v) is 12.4. The van der Waals surface area contributed by atoms with Crippen molar-refractivity contribution in [3.05, 3.63) is 12.2 Å². The summed E-state index contributed by atoms with van der Waals surface area (Å²) in [7, 11) is -3.34. The maximum atomic E-state index is 12.0. The molecule has 0 aromatic rings. The van der Waals surface area contributed by atoms with Crippen LogP contribution in [0.5, 0.6) is 0 Å². The molecule has 0 N–H and O–H groups in total. The van der Waals surface area contributed by atoms with Gasteiger partial charge in [-0.15, -0.1) is 0 Å². The van der Waals surface area contributed by atoms with Gasteiger partial charge in [0.15, 0.2) is 16.6 Å². The molecule has 98 valence electrons. The second kappa shape index (κ2) is 5.08. The molecule has 1 aliphatic rings. The van der Waals surface area contributed by atoms with Crippen LogP contribution in [-0.4, -0.2) is 29.2 Å². The largest absolute Gasteiger partial charge is 0.461 e. The summed E-state index contributed by atoms with van der Waals surface area (Å²) in [5.74, 6) is -0.0103. The Bertz CT molecular complexity index is 308. The fourth-order valence-corrected chi connectivity index (χ4v) is 12.5. The average molecular weight is 272 g/mol. The quantitative estimate of drug-likeness (QED) is 0.450. The minimum atomic E-state index is -1.67. The topological polar surface area (TPSA) is 35.5 Å². The molecule has 0 aliphatic carbocycles. The van der Waals surface area contributed by atoms with Gasteiger partial charge in [0.1, 0.15) is 6.61 Å². The van der Waals surface area contributed by atoms with Crippen molar-refractivity contribution in [2.24, 2.45) is 5.92 Å². The van der Waals surface area contributed by atoms with Crippen molar-refractivity contribution in [2.45, 2.75) is 45.2 Å². The second-order valence-electron chi connectivity index (χ2n) is 6.29. The Hall–Kier alpha value is -0.396. The number of carbonyl (C=O) groups excluding carboxylic acids is 1. The third-order valence-electron chi connectivity index (χ3n) is 2.82. The van der Waals surface area contributed by atoms with E-state index in [-0.39, 0.29) is 11.9 Å². The molecule has 3 nitrogen and oxygen atoms in total. The first-order chi connectivity index (χ1) is 7.61. The zero-order valence-electron chi connectivity index (χ0n) is 11.6. The molecule has 0 saturated carbocycles. The highest BCUT2D eigenvalue weighted by molar-refractivity contribution is 6.86. The van der Waals surface area contributed by atoms with E-state index >= 15 is 0 Å². The van der Waals surface area contributed by atoms with E-state index in [1.54, 1.807) is 0 Å². The molecule has 1 rings (SSSR count). The van der Waals surface area contributed by atoms with Gasteiger partial charge in [-0.05, 0) is 50.8 Å². The third kappa shape index (κ3) is 4.77. The van der Waals surface area contributed by atoms with Gasteiger partial charge in [0.25, 0.3) is 0 Å². The van der Waals surface area contributed by atoms with Crippen LogP contribution in [0.1, 0.15) is 6.92 Å². The summed E-state index contributed by atoms with van der Waals surface area (Å²) < 4.78 is 11.5. The van der Waals surface area contributed by atoms with E-state index in [0.717, 1.165) is 17.7 Å². The number of hydrogen-bond donors (Lipinski definition) is 0. The maximum absolute atomic E-state index is 12.0. The molecular weight excluding hydrogens is 248 g/mol. The molecule has 0 atom stereocenters. The van der Waals surface area contributed by atoms with E-state index in [1.807, 2.05) is 6.92 Å². The molecular formula is C12H24O3Si2. The molecule has 1 heterocycles. The Kier molecular flexibility index (Phi) is 4.38. The highest BCUT2D eigenvalue weighted by Crippen LogP contribution is 2.36. The summed E-state index contributed by atoms with van der Waals surface area (Å²) in [6, 6.07) is 1.77. The van der Waals surface area contributed by atoms with Crippen molar-refractivity contribution in [3.63, 3.8) is 0 Å². The molecule has 0 amide bonds. The molecule has 0 aromatic carbocycles. The van der Waals surface area contributed by atoms with Gasteiger partial charge >= 0.3 is 5.97 Å². The first kappa shape index (κ1) is 14.7. The Labute approximate surface area is 106 Å². The normalized spacial score (nSPS) is 23.1. The van der Waals surface area contributed by atoms with E-state index < -0.39 is 16.6 Å². The number of rotatable bonds is 3. The predicted molar refractivity (Wildman–Crippen MR) is 74.9 cm³/mol. The van der Waals surface area contributed by atoms with Crippen LogP contribution in [-0.2, 0) is 13.6 Å². The van der Waals surface area contributed by atoms with E-state index in [2.05, 4.69) is 32.8 Å². The first-order valence-electron chi connectivity index (χ1n) is 6.12. The van der Waals surface area contributed by atoms with Crippen LogP contribution < -0.4 is 0 Å². The summed E-state index contributed by atoms with van der Waals surface area (Å²) in [6.45, 7) is 14.7. The van der Waals surface area contributed by atoms with Crippen LogP contribution >= 0.6 is 0 Å². The van der Waals surface area contributed by atoms with Gasteiger partial charge in [-0.2, -0.15) is 0 Å². The molecule has 1 fully saturated rings. The van der Waals surface area contributed by atoms with Crippen LogP contribution in [0.3, 0.4) is 0 Å². The maximum Gasteiger partial charge on any atom is 0.308 e. The van der Waals surface area contributed by atoms with Crippen molar-refractivity contribution >= 4 is 22.6 Å². The van der Waals surface area contributed by atoms with Crippen LogP contribution in [0.25, 0.3) is 0 Å². The van der Waals surface area contributed by atoms with E-state index in [9.17, 15) is 4.79 Å². The summed E-state index contributed by atoms with van der Waals surface area (Å²) >= 11 is 0. The van der Waals surface area contributed by atoms with E-state index in [4.69, 9.17) is 8.85 Å². The highest BCUT2D eigenvalue weighted by atomic mass is 28.4. The molecule has 0 unspecified atom stereocenters. The summed E-state index contributed by atoms with van der Waals surface area (Å²) in [5.41, 5.74) is 0.887. The molecule has 1 saturated heterocycles. The Morgan fingerprint density at radius 1 is 1.29 bits per heavy atom. The van der Waals surface area contributed by atoms with Gasteiger partial charge < -0.3 is 8.85 Å². The van der Waals surface area contributed by atoms with Crippen LogP contribution in [0, 0.1) is 5.92 Å². The molecule has 0 spiro atoms. The van der Waals surface area contributed by atoms with Crippen molar-refractivity contribution < 1.29 is 13.6 Å². The van der Waals surface area contributed by atoms with Crippen molar-refractivity contribution in [3.8, 4) is 0 Å². The molecule has 17 heavy (non-hydrogen) atoms. The lowest BCUT2D eigenvalue weighted by Crippen LogP contribution is -2.52. The van der Waals surface area contributed by atoms with Gasteiger partial charge in [0.2, 0.25) is 0 Å². The average Bonchev–Trinajstić information content (AvgIpc) is 2.08. The van der Waals surface area contributed by atoms with Gasteiger partial charge in [0, 0.05) is 0 Å². The predicted octanol–water partition coefficient (Wildman–Crippen LogP) is 3.16. The molecule has 0 bridgehead atoms. The fourth-order valence-electron chi connectivity index (χ4n) is 2.57. The summed E-state index contributed by atoms with van der Waals surface area (Å²) in [6.07, 6.45) is 0. The number of carbonyl (C=O) groups is 1. The minimum absolute atomic E-state index is 0.0476. The SMILES string of the molecule is C=C(C)COC(=O)C1C[Si](C)(C)O[Si](C)(C)C1. The van der Waals surface area contributed by atoms with Crippen molar-refractivity contribution in [1.29, 1.82) is 0 Å². The second-order valence-corrected chi connectivity index (χ2v) is 15.0. The molecule has 0 aromatic heterocycles. The molecule has 1 aliphatic heterocycles. The summed E-state index contributed by atoms with van der Waals surface area (Å²) in [4.78, 5) is 12.0. The lowest BCUT2D eigenvalue weighted by Gasteiger charge is -2.42. The number of ether oxygens (including phenoxy) is 1. The summed E-state index contributed by atoms with van der Waals surface area (Å²) in [5, 5.41) is 0. The van der Waals surface area contributed by atoms with Gasteiger partial charge in [-0.25, -0.2) is 0 Å². The minimum Gasteiger partial charge on any atom is -0.461 e. The van der Waals surface area contributed by atoms with Crippen LogP contribution in [0.4, 0.5) is 0 Å². The van der Waals surface area contributed by atoms with Crippen molar-refractivity contribution in [1.82, 2.24) is 0 Å². The molecule has 0 radical (unpaired) electrons. The van der Waals surface area contributed by atoms with E-state index in [1.165, 1.54) is 0 Å². The van der Waals surface area contributed by atoms with Gasteiger partial charge in [0.05, 0.1) is 5.92 Å². The lowest BCUT2D eigenvalue weighted by atomic mass is 10.2. The fraction of sp³-hybridized carbons (Fsp3) is 0.750. The standard InChI is InChI=1S/C12H24O3Si2/c1-10(2)7-14-12(13)11-8-16(3,4)15-17(5,6)9-11/h11H,1,7-9H2,2-6H3. The molecule has 5 heteroatoms. The van der Waals surface area contributed by atoms with Gasteiger partial charge in [-0.3, -0.25) is 4.79 Å². The van der Waals surface area contributed by atoms with Gasteiger partial charge in [-0.1, -0.05) is 6.58 Å². The third-order valence-corrected chi connectivity index (χ3v) is 10.2. The van der Waals surface area contributed by atoms with Crippen molar-refractivity contribution in [2.75, 3.05) is 6.61 Å². The highest BCUT2D eigenvalue weighted by Gasteiger charge is 2.45. The zero-order valence-corrected chi connectivity index (χ0v) is 13.6. The van der Waals surface area contributed by atoms with E-state index in [0.29, 0.717) is 6.61 Å². The Morgan fingerprint density at radius 2 is 1.76 bits per heavy atom. The number of esters is 1. The van der Waals surface area contributed by atoms with Crippen LogP contribution in [0.2, 0.25) is 38.3 Å². The Balaban J connectivity index is 2.64. The smallest absolute Gasteiger partial charge is 0.308 e.